The van der Waals surface area contributed by atoms with Crippen molar-refractivity contribution < 1.29 is 27.1 Å². The molecule has 3 saturated heterocycles. The number of hydrogen-bond donors (Lipinski definition) is 1. The van der Waals surface area contributed by atoms with Crippen LogP contribution in [0.4, 0.5) is 10.2 Å². The van der Waals surface area contributed by atoms with Crippen molar-refractivity contribution in [2.45, 2.75) is 76.6 Å². The molecule has 0 unspecified atom stereocenters. The van der Waals surface area contributed by atoms with Gasteiger partial charge in [0.15, 0.2) is 11.6 Å². The van der Waals surface area contributed by atoms with Crippen molar-refractivity contribution in [3.8, 4) is 11.5 Å². The van der Waals surface area contributed by atoms with E-state index in [2.05, 4.69) is 24.5 Å². The van der Waals surface area contributed by atoms with Gasteiger partial charge in [-0.3, -0.25) is 4.79 Å². The number of likely N-dealkylation sites (tertiary alicyclic amines) is 1. The number of carbonyl (C=O) groups is 1. The van der Waals surface area contributed by atoms with E-state index in [1.54, 1.807) is 11.1 Å². The van der Waals surface area contributed by atoms with E-state index in [-0.39, 0.29) is 40.0 Å². The Kier molecular flexibility index (Phi) is 9.84. The lowest BCUT2D eigenvalue weighted by atomic mass is 9.71. The summed E-state index contributed by atoms with van der Waals surface area (Å²) in [6.45, 7) is 11.8. The number of hydrogen-bond acceptors (Lipinski definition) is 9. The number of ether oxygens (including phenoxy) is 2. The minimum absolute atomic E-state index is 0.0380. The molecule has 46 heavy (non-hydrogen) atoms. The summed E-state index contributed by atoms with van der Waals surface area (Å²) in [7, 11) is -3.27. The van der Waals surface area contributed by atoms with Crippen molar-refractivity contribution in [1.29, 1.82) is 0 Å². The maximum absolute atomic E-state index is 14.3. The number of carbonyl (C=O) groups excluding carboxylic acids is 1. The van der Waals surface area contributed by atoms with Crippen LogP contribution >= 0.6 is 0 Å². The Balaban J connectivity index is 1.01. The number of nitrogens with zero attached hydrogens (tertiary/aromatic N) is 5. The first-order valence-corrected chi connectivity index (χ1v) is 18.2. The molecule has 1 N–H and O–H groups in total. The number of sulfonamides is 1. The zero-order valence-electron chi connectivity index (χ0n) is 27.2. The van der Waals surface area contributed by atoms with Gasteiger partial charge < -0.3 is 24.2 Å². The smallest absolute Gasteiger partial charge is 0.257 e. The maximum atomic E-state index is 14.3. The molecule has 1 aromatic heterocycles. The number of amides is 1. The van der Waals surface area contributed by atoms with Crippen LogP contribution in [0.3, 0.4) is 0 Å². The lowest BCUT2D eigenvalue weighted by molar-refractivity contribution is 0.0407. The normalized spacial score (nSPS) is 23.6. The van der Waals surface area contributed by atoms with Crippen LogP contribution in [-0.2, 0) is 14.8 Å². The average molecular weight is 659 g/mol. The fourth-order valence-electron chi connectivity index (χ4n) is 7.38. The summed E-state index contributed by atoms with van der Waals surface area (Å²) in [5.74, 6) is 1.24. The van der Waals surface area contributed by atoms with Crippen LogP contribution < -0.4 is 14.4 Å². The van der Waals surface area contributed by atoms with Crippen molar-refractivity contribution in [3.63, 3.8) is 0 Å². The third kappa shape index (κ3) is 7.17. The monoisotopic (exact) mass is 658 g/mol. The van der Waals surface area contributed by atoms with Gasteiger partial charge >= 0.3 is 0 Å². The van der Waals surface area contributed by atoms with Crippen LogP contribution in [0.5, 0.6) is 11.5 Å². The fraction of sp³-hybridized carbons (Fsp3) is 0.667. The van der Waals surface area contributed by atoms with Gasteiger partial charge in [0.05, 0.1) is 25.0 Å². The molecule has 0 bridgehead atoms. The Hall–Kier alpha value is -2.87. The van der Waals surface area contributed by atoms with Gasteiger partial charge in [0.1, 0.15) is 23.1 Å². The number of piperidine rings is 1. The molecule has 4 aliphatic rings. The van der Waals surface area contributed by atoms with E-state index in [0.29, 0.717) is 37.2 Å². The van der Waals surface area contributed by atoms with E-state index in [4.69, 9.17) is 9.47 Å². The third-order valence-corrected chi connectivity index (χ3v) is 12.1. The molecule has 11 nitrogen and oxygen atoms in total. The van der Waals surface area contributed by atoms with E-state index >= 15 is 0 Å². The molecule has 4 heterocycles. The van der Waals surface area contributed by atoms with Crippen molar-refractivity contribution in [2.24, 2.45) is 11.3 Å². The SMILES string of the molecule is CCN(C(=O)c1cc(F)ccc1Oc1cncnc1N1CC2(CCN(C[C@H]3CC[C@@H](NS(=O)(=O)C4COC4)CC3)CC2)C1)C(C)C. The Labute approximate surface area is 271 Å². The Bertz CT molecular complexity index is 1480. The summed E-state index contributed by atoms with van der Waals surface area (Å²) in [5, 5.41) is -0.387. The second-order valence-corrected chi connectivity index (χ2v) is 15.8. The molecular formula is C33H47FN6O5S. The van der Waals surface area contributed by atoms with E-state index in [9.17, 15) is 17.6 Å². The van der Waals surface area contributed by atoms with Crippen molar-refractivity contribution >= 4 is 21.7 Å². The van der Waals surface area contributed by atoms with Crippen LogP contribution in [-0.4, -0.2) is 104 Å². The number of rotatable bonds is 11. The fourth-order valence-corrected chi connectivity index (χ4v) is 8.83. The molecule has 6 rings (SSSR count). The Morgan fingerprint density at radius 2 is 1.87 bits per heavy atom. The van der Waals surface area contributed by atoms with Crippen molar-refractivity contribution in [3.05, 3.63) is 42.1 Å². The number of nitrogens with one attached hydrogen (secondary N) is 1. The molecule has 4 fully saturated rings. The quantitative estimate of drug-likeness (QED) is 0.382. The van der Waals surface area contributed by atoms with Gasteiger partial charge in [-0.15, -0.1) is 0 Å². The molecule has 0 atom stereocenters. The molecule has 1 aromatic carbocycles. The molecule has 13 heteroatoms. The van der Waals surface area contributed by atoms with Gasteiger partial charge in [-0.05, 0) is 96.5 Å². The number of aromatic nitrogens is 2. The molecule has 1 spiro atoms. The summed E-state index contributed by atoms with van der Waals surface area (Å²) < 4.78 is 53.4. The summed E-state index contributed by atoms with van der Waals surface area (Å²) in [6.07, 6.45) is 9.24. The predicted molar refractivity (Wildman–Crippen MR) is 173 cm³/mol. The molecule has 0 radical (unpaired) electrons. The average Bonchev–Trinajstić information content (AvgIpc) is 2.97. The topological polar surface area (TPSA) is 117 Å². The molecule has 1 aliphatic carbocycles. The largest absolute Gasteiger partial charge is 0.451 e. The van der Waals surface area contributed by atoms with E-state index < -0.39 is 15.8 Å². The van der Waals surface area contributed by atoms with Gasteiger partial charge in [-0.25, -0.2) is 27.5 Å². The standard InChI is InChI=1S/C33H47FN6O5S/c1-4-40(23(2)3)32(41)28-15-25(34)7-10-29(28)45-30-16-35-22-36-31(30)39-20-33(21-39)11-13-38(14-12-33)17-24-5-8-26(9-6-24)37-46(42,43)27-18-44-19-27/h7,10,15-16,22-24,26-27,37H,4-6,8-9,11-14,17-21H2,1-3H3/t24-,26+. The third-order valence-electron chi connectivity index (χ3n) is 10.3. The second-order valence-electron chi connectivity index (χ2n) is 13.8. The van der Waals surface area contributed by atoms with E-state index in [1.807, 2.05) is 20.8 Å². The highest BCUT2D eigenvalue weighted by Crippen LogP contribution is 2.45. The van der Waals surface area contributed by atoms with Gasteiger partial charge in [-0.2, -0.15) is 0 Å². The van der Waals surface area contributed by atoms with Gasteiger partial charge in [0.25, 0.3) is 5.91 Å². The highest BCUT2D eigenvalue weighted by molar-refractivity contribution is 7.90. The second kappa shape index (κ2) is 13.7. The number of halogens is 1. The molecular weight excluding hydrogens is 611 g/mol. The minimum atomic E-state index is -3.27. The highest BCUT2D eigenvalue weighted by atomic mass is 32.2. The van der Waals surface area contributed by atoms with Gasteiger partial charge in [0, 0.05) is 43.7 Å². The minimum Gasteiger partial charge on any atom is -0.451 e. The highest BCUT2D eigenvalue weighted by Gasteiger charge is 2.46. The maximum Gasteiger partial charge on any atom is 0.257 e. The first-order valence-electron chi connectivity index (χ1n) is 16.7. The molecule has 1 saturated carbocycles. The summed E-state index contributed by atoms with van der Waals surface area (Å²) in [6, 6.07) is 4.04. The van der Waals surface area contributed by atoms with Crippen LogP contribution in [0, 0.1) is 17.2 Å². The molecule has 2 aromatic rings. The zero-order valence-corrected chi connectivity index (χ0v) is 28.0. The van der Waals surface area contributed by atoms with Crippen LogP contribution in [0.2, 0.25) is 0 Å². The van der Waals surface area contributed by atoms with Crippen LogP contribution in [0.25, 0.3) is 0 Å². The first-order chi connectivity index (χ1) is 22.1. The van der Waals surface area contributed by atoms with Gasteiger partial charge in [0.2, 0.25) is 10.0 Å². The summed E-state index contributed by atoms with van der Waals surface area (Å²) >= 11 is 0. The predicted octanol–water partition coefficient (Wildman–Crippen LogP) is 4.06. The van der Waals surface area contributed by atoms with Crippen LogP contribution in [0.15, 0.2) is 30.7 Å². The van der Waals surface area contributed by atoms with Gasteiger partial charge in [-0.1, -0.05) is 0 Å². The van der Waals surface area contributed by atoms with Crippen molar-refractivity contribution in [1.82, 2.24) is 24.5 Å². The number of anilines is 1. The van der Waals surface area contributed by atoms with E-state index in [1.165, 1.54) is 24.5 Å². The summed E-state index contributed by atoms with van der Waals surface area (Å²) in [5.41, 5.74) is 0.409. The molecule has 3 aliphatic heterocycles. The Morgan fingerprint density at radius 3 is 2.50 bits per heavy atom. The first kappa shape index (κ1) is 33.0. The van der Waals surface area contributed by atoms with Crippen molar-refractivity contribution in [2.75, 3.05) is 57.4 Å². The molecule has 252 valence electrons. The summed E-state index contributed by atoms with van der Waals surface area (Å²) in [4.78, 5) is 28.5. The Morgan fingerprint density at radius 1 is 1.15 bits per heavy atom. The lowest BCUT2D eigenvalue weighted by Gasteiger charge is -2.54. The zero-order chi connectivity index (χ0) is 32.5. The molecule has 1 amide bonds. The van der Waals surface area contributed by atoms with Crippen LogP contribution in [0.1, 0.15) is 69.7 Å². The number of benzene rings is 1. The van der Waals surface area contributed by atoms with E-state index in [0.717, 1.165) is 71.2 Å². The lowest BCUT2D eigenvalue weighted by Crippen LogP contribution is -2.61.